The van der Waals surface area contributed by atoms with E-state index in [1.165, 1.54) is 22.3 Å². The maximum absolute atomic E-state index is 5.83. The van der Waals surface area contributed by atoms with E-state index in [-0.39, 0.29) is 0 Å². The SMILES string of the molecule is COc1ccc2c(c1)CCc1cc(N)ccc1-2. The number of methoxy groups -OCH3 is 1. The highest BCUT2D eigenvalue weighted by atomic mass is 16.5. The predicted molar refractivity (Wildman–Crippen MR) is 70.3 cm³/mol. The van der Waals surface area contributed by atoms with Gasteiger partial charge in [-0.2, -0.15) is 0 Å². The first-order valence-electron chi connectivity index (χ1n) is 5.83. The van der Waals surface area contributed by atoms with E-state index in [9.17, 15) is 0 Å². The molecule has 2 N–H and O–H groups in total. The molecule has 17 heavy (non-hydrogen) atoms. The molecular weight excluding hydrogens is 210 g/mol. The highest BCUT2D eigenvalue weighted by Gasteiger charge is 2.16. The molecule has 0 aromatic heterocycles. The summed E-state index contributed by atoms with van der Waals surface area (Å²) in [5.74, 6) is 0.933. The molecule has 0 heterocycles. The fourth-order valence-corrected chi connectivity index (χ4v) is 2.52. The first-order valence-corrected chi connectivity index (χ1v) is 5.83. The molecule has 1 aliphatic rings. The molecule has 0 spiro atoms. The number of benzene rings is 2. The fraction of sp³-hybridized carbons (Fsp3) is 0.200. The molecule has 86 valence electrons. The smallest absolute Gasteiger partial charge is 0.119 e. The summed E-state index contributed by atoms with van der Waals surface area (Å²) >= 11 is 0. The summed E-state index contributed by atoms with van der Waals surface area (Å²) < 4.78 is 5.27. The van der Waals surface area contributed by atoms with Crippen LogP contribution in [-0.4, -0.2) is 7.11 Å². The van der Waals surface area contributed by atoms with Crippen molar-refractivity contribution in [1.82, 2.24) is 0 Å². The van der Waals surface area contributed by atoms with E-state index >= 15 is 0 Å². The van der Waals surface area contributed by atoms with E-state index < -0.39 is 0 Å². The first-order chi connectivity index (χ1) is 8.28. The molecule has 0 unspecified atom stereocenters. The number of hydrogen-bond acceptors (Lipinski definition) is 2. The van der Waals surface area contributed by atoms with Gasteiger partial charge >= 0.3 is 0 Å². The molecule has 0 aliphatic heterocycles. The van der Waals surface area contributed by atoms with Gasteiger partial charge in [-0.15, -0.1) is 0 Å². The van der Waals surface area contributed by atoms with Crippen molar-refractivity contribution in [1.29, 1.82) is 0 Å². The number of rotatable bonds is 1. The number of anilines is 1. The molecule has 0 saturated heterocycles. The Bertz CT molecular complexity index is 575. The second-order valence-electron chi connectivity index (χ2n) is 4.44. The third kappa shape index (κ3) is 1.66. The minimum Gasteiger partial charge on any atom is -0.497 e. The first kappa shape index (κ1) is 10.2. The predicted octanol–water partition coefficient (Wildman–Crippen LogP) is 3.04. The standard InChI is InChI=1S/C15H15NO/c1-17-13-5-7-15-11(9-13)3-2-10-8-12(16)4-6-14(10)15/h4-9H,2-3,16H2,1H3. The molecule has 0 bridgehead atoms. The zero-order valence-corrected chi connectivity index (χ0v) is 9.86. The van der Waals surface area contributed by atoms with Gasteiger partial charge in [-0.3, -0.25) is 0 Å². The normalized spacial score (nSPS) is 12.8. The van der Waals surface area contributed by atoms with Gasteiger partial charge in [0.05, 0.1) is 7.11 Å². The fourth-order valence-electron chi connectivity index (χ4n) is 2.52. The summed E-state index contributed by atoms with van der Waals surface area (Å²) in [6.07, 6.45) is 2.11. The summed E-state index contributed by atoms with van der Waals surface area (Å²) in [5, 5.41) is 0. The van der Waals surface area contributed by atoms with Gasteiger partial charge in [-0.05, 0) is 59.4 Å². The summed E-state index contributed by atoms with van der Waals surface area (Å²) in [7, 11) is 1.71. The molecule has 2 nitrogen and oxygen atoms in total. The van der Waals surface area contributed by atoms with E-state index in [1.807, 2.05) is 12.1 Å². The maximum Gasteiger partial charge on any atom is 0.119 e. The van der Waals surface area contributed by atoms with Crippen molar-refractivity contribution in [2.45, 2.75) is 12.8 Å². The van der Waals surface area contributed by atoms with E-state index in [4.69, 9.17) is 10.5 Å². The molecular formula is C15H15NO. The van der Waals surface area contributed by atoms with Gasteiger partial charge in [-0.1, -0.05) is 12.1 Å². The highest BCUT2D eigenvalue weighted by Crippen LogP contribution is 2.36. The Kier molecular flexibility index (Phi) is 2.29. The number of nitrogen functional groups attached to an aromatic ring is 1. The Morgan fingerprint density at radius 1 is 0.941 bits per heavy atom. The van der Waals surface area contributed by atoms with Crippen LogP contribution in [0.15, 0.2) is 36.4 Å². The lowest BCUT2D eigenvalue weighted by Gasteiger charge is -2.20. The Labute approximate surface area is 101 Å². The lowest BCUT2D eigenvalue weighted by atomic mass is 9.85. The van der Waals surface area contributed by atoms with Crippen LogP contribution in [-0.2, 0) is 12.8 Å². The van der Waals surface area contributed by atoms with Gasteiger partial charge in [0.25, 0.3) is 0 Å². The largest absolute Gasteiger partial charge is 0.497 e. The summed E-state index contributed by atoms with van der Waals surface area (Å²) in [5.41, 5.74) is 12.0. The molecule has 0 radical (unpaired) electrons. The van der Waals surface area contributed by atoms with Crippen molar-refractivity contribution in [3.8, 4) is 16.9 Å². The second-order valence-corrected chi connectivity index (χ2v) is 4.44. The number of ether oxygens (including phenoxy) is 1. The summed E-state index contributed by atoms with van der Waals surface area (Å²) in [6.45, 7) is 0. The minimum atomic E-state index is 0.848. The molecule has 0 saturated carbocycles. The van der Waals surface area contributed by atoms with Crippen LogP contribution in [0.3, 0.4) is 0 Å². The average molecular weight is 225 g/mol. The quantitative estimate of drug-likeness (QED) is 0.757. The number of aryl methyl sites for hydroxylation is 2. The molecule has 0 atom stereocenters. The van der Waals surface area contributed by atoms with Gasteiger partial charge in [0.1, 0.15) is 5.75 Å². The van der Waals surface area contributed by atoms with Crippen LogP contribution in [0.4, 0.5) is 5.69 Å². The van der Waals surface area contributed by atoms with Gasteiger partial charge in [0.2, 0.25) is 0 Å². The van der Waals surface area contributed by atoms with Gasteiger partial charge in [-0.25, -0.2) is 0 Å². The van der Waals surface area contributed by atoms with Crippen molar-refractivity contribution in [3.63, 3.8) is 0 Å². The molecule has 0 amide bonds. The Balaban J connectivity index is 2.16. The minimum absolute atomic E-state index is 0.848. The molecule has 2 aromatic carbocycles. The van der Waals surface area contributed by atoms with Crippen LogP contribution < -0.4 is 10.5 Å². The zero-order valence-electron chi connectivity index (χ0n) is 9.86. The molecule has 0 fully saturated rings. The van der Waals surface area contributed by atoms with Crippen molar-refractivity contribution in [2.75, 3.05) is 12.8 Å². The molecule has 2 aromatic rings. The maximum atomic E-state index is 5.83. The topological polar surface area (TPSA) is 35.2 Å². The van der Waals surface area contributed by atoms with Gasteiger partial charge in [0.15, 0.2) is 0 Å². The van der Waals surface area contributed by atoms with Crippen LogP contribution >= 0.6 is 0 Å². The number of nitrogens with two attached hydrogens (primary N) is 1. The molecule has 2 heteroatoms. The van der Waals surface area contributed by atoms with Crippen LogP contribution in [0.2, 0.25) is 0 Å². The summed E-state index contributed by atoms with van der Waals surface area (Å²) in [6, 6.07) is 12.5. The Morgan fingerprint density at radius 2 is 1.59 bits per heavy atom. The van der Waals surface area contributed by atoms with E-state index in [1.54, 1.807) is 7.11 Å². The lowest BCUT2D eigenvalue weighted by Crippen LogP contribution is -2.04. The highest BCUT2D eigenvalue weighted by molar-refractivity contribution is 5.75. The molecule has 3 rings (SSSR count). The van der Waals surface area contributed by atoms with Crippen molar-refractivity contribution < 1.29 is 4.74 Å². The average Bonchev–Trinajstić information content (AvgIpc) is 2.37. The summed E-state index contributed by atoms with van der Waals surface area (Å²) in [4.78, 5) is 0. The Hall–Kier alpha value is -1.96. The van der Waals surface area contributed by atoms with Crippen LogP contribution in [0.25, 0.3) is 11.1 Å². The van der Waals surface area contributed by atoms with Crippen LogP contribution in [0.1, 0.15) is 11.1 Å². The van der Waals surface area contributed by atoms with Gasteiger partial charge in [0, 0.05) is 5.69 Å². The number of fused-ring (bicyclic) bond motifs is 3. The van der Waals surface area contributed by atoms with Crippen molar-refractivity contribution in [3.05, 3.63) is 47.5 Å². The van der Waals surface area contributed by atoms with Crippen LogP contribution in [0.5, 0.6) is 5.75 Å². The monoisotopic (exact) mass is 225 g/mol. The zero-order chi connectivity index (χ0) is 11.8. The third-order valence-electron chi connectivity index (χ3n) is 3.40. The number of hydrogen-bond donors (Lipinski definition) is 1. The van der Waals surface area contributed by atoms with Crippen molar-refractivity contribution in [2.24, 2.45) is 0 Å². The van der Waals surface area contributed by atoms with E-state index in [0.29, 0.717) is 0 Å². The third-order valence-corrected chi connectivity index (χ3v) is 3.40. The molecule has 1 aliphatic carbocycles. The van der Waals surface area contributed by atoms with Crippen LogP contribution in [0, 0.1) is 0 Å². The van der Waals surface area contributed by atoms with E-state index in [2.05, 4.69) is 24.3 Å². The van der Waals surface area contributed by atoms with E-state index in [0.717, 1.165) is 24.3 Å². The Morgan fingerprint density at radius 3 is 2.29 bits per heavy atom. The van der Waals surface area contributed by atoms with Crippen molar-refractivity contribution >= 4 is 5.69 Å². The second kappa shape index (κ2) is 3.81. The van der Waals surface area contributed by atoms with Gasteiger partial charge < -0.3 is 10.5 Å². The lowest BCUT2D eigenvalue weighted by molar-refractivity contribution is 0.414.